The molecule has 0 radical (unpaired) electrons. The summed E-state index contributed by atoms with van der Waals surface area (Å²) < 4.78 is 13.0. The van der Waals surface area contributed by atoms with E-state index >= 15 is 0 Å². The lowest BCUT2D eigenvalue weighted by atomic mass is 10.1. The highest BCUT2D eigenvalue weighted by Gasteiger charge is 2.28. The molecule has 124 valence electrons. The molecule has 1 aromatic carbocycles. The third kappa shape index (κ3) is 3.95. The number of nitrogens with zero attached hydrogens (tertiary/aromatic N) is 2. The molecule has 0 spiro atoms. The first-order valence-corrected chi connectivity index (χ1v) is 7.76. The Bertz CT molecular complexity index is 757. The van der Waals surface area contributed by atoms with Crippen LogP contribution in [0.5, 0.6) is 0 Å². The predicted molar refractivity (Wildman–Crippen MR) is 85.1 cm³/mol. The number of carbonyl (C=O) groups excluding carboxylic acids is 1. The van der Waals surface area contributed by atoms with Gasteiger partial charge in [-0.3, -0.25) is 9.78 Å². The molecule has 1 aliphatic carbocycles. The first kappa shape index (κ1) is 16.1. The van der Waals surface area contributed by atoms with Crippen molar-refractivity contribution in [2.45, 2.75) is 19.4 Å². The summed E-state index contributed by atoms with van der Waals surface area (Å²) in [5, 5.41) is 9.06. The second kappa shape index (κ2) is 6.78. The fourth-order valence-corrected chi connectivity index (χ4v) is 2.48. The highest BCUT2D eigenvalue weighted by molar-refractivity contribution is 5.95. The van der Waals surface area contributed by atoms with Gasteiger partial charge in [0.2, 0.25) is 0 Å². The van der Waals surface area contributed by atoms with Crippen LogP contribution in [0, 0.1) is 11.7 Å². The molecule has 0 unspecified atom stereocenters. The standard InChI is InChI=1S/C18H17FN2O3/c19-15-5-3-13(4-6-15)11-21(10-12-1-2-12)17(22)16-9-14(18(23)24)7-8-20-16/h3-9,12H,1-2,10-11H2,(H,23,24). The van der Waals surface area contributed by atoms with E-state index in [0.717, 1.165) is 18.4 Å². The first-order valence-electron chi connectivity index (χ1n) is 7.76. The Kier molecular flexibility index (Phi) is 4.55. The van der Waals surface area contributed by atoms with Crippen molar-refractivity contribution in [1.82, 2.24) is 9.88 Å². The van der Waals surface area contributed by atoms with Crippen molar-refractivity contribution >= 4 is 11.9 Å². The number of carboxylic acids is 1. The molecule has 0 bridgehead atoms. The molecule has 1 aliphatic rings. The largest absolute Gasteiger partial charge is 0.478 e. The quantitative estimate of drug-likeness (QED) is 0.885. The van der Waals surface area contributed by atoms with Crippen LogP contribution in [-0.2, 0) is 6.54 Å². The number of aromatic carboxylic acids is 1. The maximum absolute atomic E-state index is 13.0. The number of hydrogen-bond acceptors (Lipinski definition) is 3. The SMILES string of the molecule is O=C(O)c1ccnc(C(=O)N(Cc2ccc(F)cc2)CC2CC2)c1. The van der Waals surface area contributed by atoms with E-state index in [0.29, 0.717) is 19.0 Å². The monoisotopic (exact) mass is 328 g/mol. The van der Waals surface area contributed by atoms with Crippen LogP contribution >= 0.6 is 0 Å². The lowest BCUT2D eigenvalue weighted by molar-refractivity contribution is 0.0696. The average molecular weight is 328 g/mol. The minimum absolute atomic E-state index is 0.0292. The number of rotatable bonds is 6. The highest BCUT2D eigenvalue weighted by Crippen LogP contribution is 2.30. The minimum atomic E-state index is -1.10. The predicted octanol–water partition coefficient (Wildman–Crippen LogP) is 2.97. The molecule has 0 aliphatic heterocycles. The summed E-state index contributed by atoms with van der Waals surface area (Å²) in [5.41, 5.74) is 0.957. The zero-order chi connectivity index (χ0) is 17.1. The van der Waals surface area contributed by atoms with Gasteiger partial charge in [-0.1, -0.05) is 12.1 Å². The van der Waals surface area contributed by atoms with Gasteiger partial charge < -0.3 is 10.0 Å². The van der Waals surface area contributed by atoms with Crippen LogP contribution in [0.4, 0.5) is 4.39 Å². The van der Waals surface area contributed by atoms with Crippen molar-refractivity contribution in [1.29, 1.82) is 0 Å². The Morgan fingerprint density at radius 1 is 1.21 bits per heavy atom. The van der Waals surface area contributed by atoms with E-state index in [1.165, 1.54) is 30.5 Å². The molecule has 24 heavy (non-hydrogen) atoms. The van der Waals surface area contributed by atoms with Gasteiger partial charge in [0.05, 0.1) is 5.56 Å². The fraction of sp³-hybridized carbons (Fsp3) is 0.278. The van der Waals surface area contributed by atoms with Crippen LogP contribution in [0.3, 0.4) is 0 Å². The van der Waals surface area contributed by atoms with Crippen LogP contribution < -0.4 is 0 Å². The van der Waals surface area contributed by atoms with Crippen LogP contribution in [0.15, 0.2) is 42.6 Å². The van der Waals surface area contributed by atoms with E-state index in [1.807, 2.05) is 0 Å². The number of hydrogen-bond donors (Lipinski definition) is 1. The number of halogens is 1. The summed E-state index contributed by atoms with van der Waals surface area (Å²) in [6, 6.07) is 8.64. The average Bonchev–Trinajstić information content (AvgIpc) is 3.40. The molecule has 5 nitrogen and oxygen atoms in total. The molecule has 1 saturated carbocycles. The topological polar surface area (TPSA) is 70.5 Å². The molecule has 0 atom stereocenters. The second-order valence-electron chi connectivity index (χ2n) is 5.99. The Balaban J connectivity index is 1.81. The van der Waals surface area contributed by atoms with Gasteiger partial charge in [0, 0.05) is 19.3 Å². The van der Waals surface area contributed by atoms with Gasteiger partial charge >= 0.3 is 5.97 Å². The molecule has 1 aromatic heterocycles. The summed E-state index contributed by atoms with van der Waals surface area (Å²) in [6.07, 6.45) is 3.48. The molecule has 3 rings (SSSR count). The molecular formula is C18H17FN2O3. The van der Waals surface area contributed by atoms with Gasteiger partial charge in [0.1, 0.15) is 11.5 Å². The maximum atomic E-state index is 13.0. The number of carbonyl (C=O) groups is 2. The molecule has 0 saturated heterocycles. The van der Waals surface area contributed by atoms with E-state index in [9.17, 15) is 14.0 Å². The zero-order valence-corrected chi connectivity index (χ0v) is 13.0. The Labute approximate surface area is 138 Å². The van der Waals surface area contributed by atoms with E-state index in [4.69, 9.17) is 5.11 Å². The van der Waals surface area contributed by atoms with Crippen LogP contribution in [-0.4, -0.2) is 33.4 Å². The van der Waals surface area contributed by atoms with Crippen molar-refractivity contribution < 1.29 is 19.1 Å². The van der Waals surface area contributed by atoms with Gasteiger partial charge in [-0.2, -0.15) is 0 Å². The third-order valence-electron chi connectivity index (χ3n) is 3.98. The van der Waals surface area contributed by atoms with Crippen molar-refractivity contribution in [3.63, 3.8) is 0 Å². The number of amides is 1. The highest BCUT2D eigenvalue weighted by atomic mass is 19.1. The third-order valence-corrected chi connectivity index (χ3v) is 3.98. The Morgan fingerprint density at radius 3 is 2.54 bits per heavy atom. The molecule has 6 heteroatoms. The van der Waals surface area contributed by atoms with Crippen molar-refractivity contribution in [3.8, 4) is 0 Å². The fourth-order valence-electron chi connectivity index (χ4n) is 2.48. The van der Waals surface area contributed by atoms with Gasteiger partial charge in [-0.25, -0.2) is 9.18 Å². The zero-order valence-electron chi connectivity index (χ0n) is 13.0. The molecule has 1 amide bonds. The molecular weight excluding hydrogens is 311 g/mol. The number of pyridine rings is 1. The number of carboxylic acid groups (broad SMARTS) is 1. The Hall–Kier alpha value is -2.76. The van der Waals surface area contributed by atoms with E-state index < -0.39 is 5.97 Å². The normalized spacial score (nSPS) is 13.5. The number of aromatic nitrogens is 1. The Morgan fingerprint density at radius 2 is 1.92 bits per heavy atom. The maximum Gasteiger partial charge on any atom is 0.335 e. The second-order valence-corrected chi connectivity index (χ2v) is 5.99. The molecule has 1 heterocycles. The van der Waals surface area contributed by atoms with Gasteiger partial charge in [0.25, 0.3) is 5.91 Å². The van der Waals surface area contributed by atoms with Crippen molar-refractivity contribution in [2.24, 2.45) is 5.92 Å². The molecule has 1 N–H and O–H groups in total. The summed E-state index contributed by atoms with van der Waals surface area (Å²) in [5.74, 6) is -1.26. The minimum Gasteiger partial charge on any atom is -0.478 e. The summed E-state index contributed by atoms with van der Waals surface area (Å²) in [7, 11) is 0. The van der Waals surface area contributed by atoms with Crippen LogP contribution in [0.1, 0.15) is 39.3 Å². The van der Waals surface area contributed by atoms with E-state index in [2.05, 4.69) is 4.98 Å². The van der Waals surface area contributed by atoms with Crippen molar-refractivity contribution in [2.75, 3.05) is 6.54 Å². The molecule has 2 aromatic rings. The van der Waals surface area contributed by atoms with Gasteiger partial charge in [0.15, 0.2) is 0 Å². The summed E-state index contributed by atoms with van der Waals surface area (Å²) in [4.78, 5) is 29.5. The van der Waals surface area contributed by atoms with Crippen LogP contribution in [0.25, 0.3) is 0 Å². The van der Waals surface area contributed by atoms with Gasteiger partial charge in [-0.15, -0.1) is 0 Å². The smallest absolute Gasteiger partial charge is 0.335 e. The summed E-state index contributed by atoms with van der Waals surface area (Å²) >= 11 is 0. The van der Waals surface area contributed by atoms with E-state index in [-0.39, 0.29) is 23.0 Å². The summed E-state index contributed by atoms with van der Waals surface area (Å²) in [6.45, 7) is 0.934. The first-order chi connectivity index (χ1) is 11.5. The van der Waals surface area contributed by atoms with E-state index in [1.54, 1.807) is 17.0 Å². The number of benzene rings is 1. The van der Waals surface area contributed by atoms with Gasteiger partial charge in [-0.05, 0) is 48.6 Å². The lowest BCUT2D eigenvalue weighted by Gasteiger charge is -2.22. The molecule has 1 fully saturated rings. The van der Waals surface area contributed by atoms with Crippen LogP contribution in [0.2, 0.25) is 0 Å². The van der Waals surface area contributed by atoms with Crippen molar-refractivity contribution in [3.05, 3.63) is 65.2 Å². The lowest BCUT2D eigenvalue weighted by Crippen LogP contribution is -2.33.